The summed E-state index contributed by atoms with van der Waals surface area (Å²) in [5.41, 5.74) is 5.37. The number of H-pyrrole nitrogens is 2. The van der Waals surface area contributed by atoms with Crippen molar-refractivity contribution in [3.05, 3.63) is 96.8 Å². The van der Waals surface area contributed by atoms with Crippen LogP contribution in [0, 0.1) is 5.82 Å². The summed E-state index contributed by atoms with van der Waals surface area (Å²) in [6.07, 6.45) is 0. The summed E-state index contributed by atoms with van der Waals surface area (Å²) in [5.74, 6) is 1.54. The molecule has 5 heterocycles. The topological polar surface area (TPSA) is 109 Å². The minimum atomic E-state index is -0.404. The second kappa shape index (κ2) is 9.10. The Labute approximate surface area is 247 Å². The summed E-state index contributed by atoms with van der Waals surface area (Å²) >= 11 is 0. The van der Waals surface area contributed by atoms with Gasteiger partial charge < -0.3 is 9.97 Å². The number of rotatable bonds is 0. The molecular formula is C32H17FFeN8. The van der Waals surface area contributed by atoms with Crippen molar-refractivity contribution in [2.75, 3.05) is 0 Å². The molecule has 4 aromatic carbocycles. The number of halogens is 1. The molecule has 10 heteroatoms. The number of aromatic amines is 2. The molecule has 42 heavy (non-hydrogen) atoms. The van der Waals surface area contributed by atoms with E-state index < -0.39 is 5.82 Å². The van der Waals surface area contributed by atoms with Crippen LogP contribution in [0.3, 0.4) is 0 Å². The Kier molecular flexibility index (Phi) is 5.31. The van der Waals surface area contributed by atoms with Gasteiger partial charge in [0.2, 0.25) is 0 Å². The normalized spacial score (nSPS) is 11.7. The van der Waals surface area contributed by atoms with Crippen LogP contribution < -0.4 is 0 Å². The van der Waals surface area contributed by atoms with Crippen LogP contribution in [-0.4, -0.2) is 39.9 Å². The van der Waals surface area contributed by atoms with Crippen molar-refractivity contribution in [1.29, 1.82) is 0 Å². The van der Waals surface area contributed by atoms with Crippen molar-refractivity contribution in [1.82, 2.24) is 39.9 Å². The van der Waals surface area contributed by atoms with E-state index in [9.17, 15) is 0 Å². The van der Waals surface area contributed by atoms with Gasteiger partial charge in [-0.15, -0.1) is 0 Å². The van der Waals surface area contributed by atoms with Crippen molar-refractivity contribution in [3.8, 4) is 45.6 Å². The number of hydrogen-bond acceptors (Lipinski definition) is 6. The minimum absolute atomic E-state index is 0. The first-order chi connectivity index (χ1) is 20.2. The molecule has 7 aromatic rings. The van der Waals surface area contributed by atoms with Crippen molar-refractivity contribution < 1.29 is 21.5 Å². The van der Waals surface area contributed by atoms with Crippen molar-refractivity contribution in [3.63, 3.8) is 0 Å². The number of fused-ring (bicyclic) bond motifs is 20. The number of benzene rings is 4. The van der Waals surface area contributed by atoms with E-state index in [4.69, 9.17) is 29.9 Å². The standard InChI is InChI=1S/C32H17FN8.Fe/c33-23-15-7-14-22-24(23)32-40-30-21-13-6-5-12-20(21)28(38-30)36-26-17-9-2-1-8-16(17)25(34-26)35-27-18-10-3-4-11-19(18)29(37-27)39-31(22)41-32;/h1-15H,(H2,34,35,36,37,38,39,40,41);. The van der Waals surface area contributed by atoms with E-state index in [-0.39, 0.29) is 17.1 Å². The Hall–Kier alpha value is -5.31. The smallest absolute Gasteiger partial charge is 0.164 e. The van der Waals surface area contributed by atoms with Gasteiger partial charge in [-0.3, -0.25) is 0 Å². The number of aromatic nitrogens is 8. The SMILES string of the molecule is Fc1cccc2c3nc4nc(nc5[nH]c(nc6nc(nc([nH]3)c12)-c1ccccc1-6)c1ccccc51)-c1ccccc1-4.[Fe]. The quantitative estimate of drug-likeness (QED) is 0.185. The summed E-state index contributed by atoms with van der Waals surface area (Å²) in [5, 5.41) is 2.75. The van der Waals surface area contributed by atoms with E-state index in [1.165, 1.54) is 6.07 Å². The number of nitrogens with zero attached hydrogens (tertiary/aromatic N) is 6. The average molecular weight is 588 g/mol. The molecular weight excluding hydrogens is 571 g/mol. The zero-order chi connectivity index (χ0) is 27.1. The van der Waals surface area contributed by atoms with Crippen LogP contribution in [0.25, 0.3) is 89.7 Å². The van der Waals surface area contributed by atoms with Crippen molar-refractivity contribution in [2.45, 2.75) is 0 Å². The van der Waals surface area contributed by atoms with Gasteiger partial charge in [0, 0.05) is 55.5 Å². The van der Waals surface area contributed by atoms with Crippen LogP contribution in [0.5, 0.6) is 0 Å². The van der Waals surface area contributed by atoms with Gasteiger partial charge in [-0.25, -0.2) is 34.3 Å². The van der Waals surface area contributed by atoms with Crippen molar-refractivity contribution >= 4 is 44.1 Å². The monoisotopic (exact) mass is 588 g/mol. The molecule has 0 radical (unpaired) electrons. The molecule has 3 aromatic heterocycles. The second-order valence-corrected chi connectivity index (χ2v) is 9.91. The Bertz CT molecular complexity index is 2410. The maximum Gasteiger partial charge on any atom is 0.164 e. The molecule has 0 spiro atoms. The largest absolute Gasteiger partial charge is 0.324 e. The molecule has 2 aliphatic rings. The second-order valence-electron chi connectivity index (χ2n) is 9.91. The summed E-state index contributed by atoms with van der Waals surface area (Å²) in [7, 11) is 0. The van der Waals surface area contributed by atoms with Crippen molar-refractivity contribution in [2.24, 2.45) is 0 Å². The molecule has 2 aliphatic heterocycles. The maximum absolute atomic E-state index is 15.3. The van der Waals surface area contributed by atoms with E-state index in [2.05, 4.69) is 9.97 Å². The van der Waals surface area contributed by atoms with Gasteiger partial charge in [0.1, 0.15) is 28.4 Å². The predicted molar refractivity (Wildman–Crippen MR) is 156 cm³/mol. The molecule has 0 atom stereocenters. The average Bonchev–Trinajstić information content (AvgIpc) is 3.73. The zero-order valence-electron chi connectivity index (χ0n) is 21.6. The first-order valence-electron chi connectivity index (χ1n) is 13.1. The first kappa shape index (κ1) is 24.5. The summed E-state index contributed by atoms with van der Waals surface area (Å²) in [6.45, 7) is 0. The van der Waals surface area contributed by atoms with Crippen LogP contribution >= 0.6 is 0 Å². The minimum Gasteiger partial charge on any atom is -0.324 e. The molecule has 0 amide bonds. The van der Waals surface area contributed by atoms with Crippen LogP contribution in [0.15, 0.2) is 91.0 Å². The van der Waals surface area contributed by atoms with Crippen LogP contribution in [-0.2, 0) is 17.1 Å². The van der Waals surface area contributed by atoms with E-state index >= 15 is 4.39 Å². The Morgan fingerprint density at radius 2 is 0.786 bits per heavy atom. The van der Waals surface area contributed by atoms with Gasteiger partial charge in [-0.1, -0.05) is 84.9 Å². The van der Waals surface area contributed by atoms with Crippen LogP contribution in [0.4, 0.5) is 4.39 Å². The number of hydrogen-bond donors (Lipinski definition) is 2. The molecule has 200 valence electrons. The molecule has 0 fully saturated rings. The van der Waals surface area contributed by atoms with E-state index in [0.29, 0.717) is 56.7 Å². The first-order valence-corrected chi connectivity index (χ1v) is 13.1. The summed E-state index contributed by atoms with van der Waals surface area (Å²) in [6, 6.07) is 28.4. The molecule has 2 N–H and O–H groups in total. The molecule has 0 unspecified atom stereocenters. The van der Waals surface area contributed by atoms with Crippen LogP contribution in [0.2, 0.25) is 0 Å². The van der Waals surface area contributed by atoms with Gasteiger partial charge in [-0.05, 0) is 6.07 Å². The number of nitrogens with one attached hydrogen (secondary N) is 2. The molecule has 8 bridgehead atoms. The molecule has 0 saturated carbocycles. The summed E-state index contributed by atoms with van der Waals surface area (Å²) < 4.78 is 15.3. The molecule has 9 rings (SSSR count). The fourth-order valence-electron chi connectivity index (χ4n) is 5.65. The Balaban J connectivity index is 0.00000267. The molecule has 0 saturated heterocycles. The van der Waals surface area contributed by atoms with Gasteiger partial charge in [0.15, 0.2) is 23.3 Å². The van der Waals surface area contributed by atoms with Gasteiger partial charge in [0.25, 0.3) is 0 Å². The summed E-state index contributed by atoms with van der Waals surface area (Å²) in [4.78, 5) is 36.0. The fourth-order valence-corrected chi connectivity index (χ4v) is 5.65. The molecule has 0 aliphatic carbocycles. The van der Waals surface area contributed by atoms with Gasteiger partial charge >= 0.3 is 0 Å². The third-order valence-corrected chi connectivity index (χ3v) is 7.53. The molecule has 8 nitrogen and oxygen atoms in total. The Morgan fingerprint density at radius 1 is 0.405 bits per heavy atom. The van der Waals surface area contributed by atoms with E-state index in [0.717, 1.165) is 33.0 Å². The predicted octanol–water partition coefficient (Wildman–Crippen LogP) is 7.01. The van der Waals surface area contributed by atoms with Crippen LogP contribution in [0.1, 0.15) is 0 Å². The third kappa shape index (κ3) is 3.52. The van der Waals surface area contributed by atoms with Gasteiger partial charge in [-0.2, -0.15) is 0 Å². The fraction of sp³-hybridized carbons (Fsp3) is 0. The maximum atomic E-state index is 15.3. The van der Waals surface area contributed by atoms with E-state index in [1.54, 1.807) is 6.07 Å². The third-order valence-electron chi connectivity index (χ3n) is 7.53. The Morgan fingerprint density at radius 3 is 1.29 bits per heavy atom. The van der Waals surface area contributed by atoms with E-state index in [1.807, 2.05) is 78.9 Å². The zero-order valence-corrected chi connectivity index (χ0v) is 22.7. The van der Waals surface area contributed by atoms with Gasteiger partial charge in [0.05, 0.1) is 5.39 Å².